The maximum atomic E-state index is 4.84. The summed E-state index contributed by atoms with van der Waals surface area (Å²) in [4.78, 5) is 0. The summed E-state index contributed by atoms with van der Waals surface area (Å²) in [6.07, 6.45) is 0.150. The average molecular weight is 119 g/mol. The number of halogens is 1. The fraction of sp³-hybridized carbons (Fsp3) is 1.00. The van der Waals surface area contributed by atoms with Crippen LogP contribution in [0.25, 0.3) is 0 Å². The Morgan fingerprint density at radius 3 is 1.67 bits per heavy atom. The van der Waals surface area contributed by atoms with Crippen molar-refractivity contribution in [3.8, 4) is 0 Å². The van der Waals surface area contributed by atoms with Crippen molar-refractivity contribution in [2.24, 2.45) is 0 Å². The monoisotopic (exact) mass is 118 g/mol. The van der Waals surface area contributed by atoms with Gasteiger partial charge in [-0.2, -0.15) is 0 Å². The average Bonchev–Trinajstić information content (AvgIpc) is 1.38. The van der Waals surface area contributed by atoms with Crippen LogP contribution >= 0.6 is 11.9 Å². The zero-order valence-corrected chi connectivity index (χ0v) is 6.24. The van der Waals surface area contributed by atoms with Crippen LogP contribution in [0.1, 0.15) is 13.8 Å². The molecule has 0 unspecified atom stereocenters. The predicted octanol–water partition coefficient (Wildman–Crippen LogP) is 1.18. The Morgan fingerprint density at radius 1 is 1.50 bits per heavy atom. The summed E-state index contributed by atoms with van der Waals surface area (Å²) in [6, 6.07) is 0. The molecule has 0 aromatic rings. The van der Waals surface area contributed by atoms with Crippen LogP contribution in [-0.2, 0) is 4.29 Å². The van der Waals surface area contributed by atoms with Crippen molar-refractivity contribution < 1.29 is 4.29 Å². The summed E-state index contributed by atoms with van der Waals surface area (Å²) < 4.78 is 4.22. The number of hydrogen-bond acceptors (Lipinski definition) is 1. The third-order valence-electron chi connectivity index (χ3n) is 0.178. The summed E-state index contributed by atoms with van der Waals surface area (Å²) in [7, 11) is 0. The van der Waals surface area contributed by atoms with E-state index in [-0.39, 0.29) is 29.2 Å². The topological polar surface area (TPSA) is 9.23 Å². The first-order valence-corrected chi connectivity index (χ1v) is 1.85. The molecule has 0 spiro atoms. The first kappa shape index (κ1) is 10.1. The minimum atomic E-state index is 0. The smallest absolute Gasteiger partial charge is 0.276 e. The van der Waals surface area contributed by atoms with Crippen LogP contribution in [0.4, 0.5) is 0 Å². The number of hydrogen-bond donors (Lipinski definition) is 0. The Balaban J connectivity index is 0. The molecule has 0 heterocycles. The largest absolute Gasteiger partial charge is 2.00 e. The van der Waals surface area contributed by atoms with Crippen molar-refractivity contribution in [3.05, 3.63) is 0 Å². The number of rotatable bonds is 1. The van der Waals surface area contributed by atoms with Crippen molar-refractivity contribution in [3.63, 3.8) is 0 Å². The quantitative estimate of drug-likeness (QED) is 0.471. The van der Waals surface area contributed by atoms with E-state index in [0.29, 0.717) is 0 Å². The van der Waals surface area contributed by atoms with E-state index < -0.39 is 0 Å². The maximum Gasteiger partial charge on any atom is 2.00 e. The fourth-order valence-corrected chi connectivity index (χ4v) is 0. The molecular formula is C3H7ClMgO+2. The molecule has 0 fully saturated rings. The normalized spacial score (nSPS) is 8.00. The summed E-state index contributed by atoms with van der Waals surface area (Å²) in [5.74, 6) is 0. The molecule has 0 amide bonds. The van der Waals surface area contributed by atoms with Crippen molar-refractivity contribution in [2.45, 2.75) is 20.0 Å². The molecule has 0 aliphatic carbocycles. The van der Waals surface area contributed by atoms with Crippen molar-refractivity contribution >= 4 is 34.9 Å². The predicted molar refractivity (Wildman–Crippen MR) is 27.8 cm³/mol. The van der Waals surface area contributed by atoms with Gasteiger partial charge in [-0.15, -0.1) is 0 Å². The molecule has 1 nitrogen and oxygen atoms in total. The zero-order chi connectivity index (χ0) is 4.28. The minimum Gasteiger partial charge on any atom is -0.276 e. The van der Waals surface area contributed by atoms with E-state index in [4.69, 9.17) is 11.9 Å². The second-order valence-corrected chi connectivity index (χ2v) is 1.32. The SMILES string of the molecule is CC(C)OCl.[Mg+2]. The summed E-state index contributed by atoms with van der Waals surface area (Å²) >= 11 is 4.84. The minimum absolute atomic E-state index is 0. The standard InChI is InChI=1S/C3H7ClO.Mg/c1-3(2)5-4;/h3H,1-2H3;/q;+2. The Hall–Kier alpha value is 1.02. The molecule has 6 heavy (non-hydrogen) atoms. The summed E-state index contributed by atoms with van der Waals surface area (Å²) in [6.45, 7) is 3.74. The third kappa shape index (κ3) is 8.89. The second-order valence-electron chi connectivity index (χ2n) is 1.14. The molecule has 0 aliphatic heterocycles. The van der Waals surface area contributed by atoms with Gasteiger partial charge in [0.25, 0.3) is 0 Å². The molecule has 3 heteroatoms. The van der Waals surface area contributed by atoms with Crippen molar-refractivity contribution in [2.75, 3.05) is 0 Å². The zero-order valence-electron chi connectivity index (χ0n) is 4.07. The van der Waals surface area contributed by atoms with Crippen LogP contribution in [0.15, 0.2) is 0 Å². The fourth-order valence-electron chi connectivity index (χ4n) is 0. The van der Waals surface area contributed by atoms with E-state index in [2.05, 4.69) is 4.29 Å². The Bertz CT molecular complexity index is 24.8. The molecule has 0 aliphatic rings. The molecule has 0 aromatic carbocycles. The molecule has 0 saturated carbocycles. The van der Waals surface area contributed by atoms with E-state index in [1.165, 1.54) is 0 Å². The van der Waals surface area contributed by atoms with Crippen LogP contribution in [0, 0.1) is 0 Å². The van der Waals surface area contributed by atoms with Crippen LogP contribution in [0.3, 0.4) is 0 Å². The van der Waals surface area contributed by atoms with Gasteiger partial charge in [0, 0.05) is 0 Å². The van der Waals surface area contributed by atoms with E-state index >= 15 is 0 Å². The van der Waals surface area contributed by atoms with Crippen LogP contribution < -0.4 is 0 Å². The van der Waals surface area contributed by atoms with Gasteiger partial charge in [0.1, 0.15) is 0 Å². The van der Waals surface area contributed by atoms with Gasteiger partial charge in [-0.05, 0) is 13.8 Å². The first-order valence-electron chi connectivity index (χ1n) is 1.54. The van der Waals surface area contributed by atoms with Gasteiger partial charge >= 0.3 is 23.1 Å². The second kappa shape index (κ2) is 6.02. The molecule has 0 bridgehead atoms. The van der Waals surface area contributed by atoms with Crippen LogP contribution in [0.2, 0.25) is 0 Å². The van der Waals surface area contributed by atoms with Gasteiger partial charge in [-0.3, -0.25) is 4.29 Å². The van der Waals surface area contributed by atoms with Gasteiger partial charge in [0.15, 0.2) is 0 Å². The van der Waals surface area contributed by atoms with E-state index in [1.54, 1.807) is 0 Å². The van der Waals surface area contributed by atoms with Gasteiger partial charge in [-0.1, -0.05) is 0 Å². The Labute approximate surface area is 59.3 Å². The van der Waals surface area contributed by atoms with E-state index in [1.807, 2.05) is 13.8 Å². The molecular weight excluding hydrogens is 112 g/mol. The van der Waals surface area contributed by atoms with E-state index in [9.17, 15) is 0 Å². The molecule has 32 valence electrons. The third-order valence-corrected chi connectivity index (χ3v) is 0.535. The van der Waals surface area contributed by atoms with Crippen LogP contribution in [0.5, 0.6) is 0 Å². The van der Waals surface area contributed by atoms with Crippen molar-refractivity contribution in [1.29, 1.82) is 0 Å². The Morgan fingerprint density at radius 2 is 1.67 bits per heavy atom. The molecule has 0 aromatic heterocycles. The van der Waals surface area contributed by atoms with E-state index in [0.717, 1.165) is 0 Å². The van der Waals surface area contributed by atoms with Crippen molar-refractivity contribution in [1.82, 2.24) is 0 Å². The maximum absolute atomic E-state index is 4.84. The molecule has 0 rings (SSSR count). The van der Waals surface area contributed by atoms with Gasteiger partial charge in [-0.25, -0.2) is 0 Å². The van der Waals surface area contributed by atoms with Crippen LogP contribution in [-0.4, -0.2) is 29.2 Å². The Kier molecular flexibility index (Phi) is 10.1. The molecule has 0 N–H and O–H groups in total. The summed E-state index contributed by atoms with van der Waals surface area (Å²) in [5, 5.41) is 0. The molecule has 0 radical (unpaired) electrons. The van der Waals surface area contributed by atoms with Gasteiger partial charge in [0.2, 0.25) is 0 Å². The molecule has 0 atom stereocenters. The molecule has 0 saturated heterocycles. The van der Waals surface area contributed by atoms with Gasteiger partial charge < -0.3 is 0 Å². The summed E-state index contributed by atoms with van der Waals surface area (Å²) in [5.41, 5.74) is 0. The first-order chi connectivity index (χ1) is 2.27. The van der Waals surface area contributed by atoms with Gasteiger partial charge in [0.05, 0.1) is 18.0 Å².